The number of alkyl carbamates (subject to hydrolysis) is 1. The summed E-state index contributed by atoms with van der Waals surface area (Å²) >= 11 is 0. The molecule has 8 nitrogen and oxygen atoms in total. The Hall–Kier alpha value is -2.51. The van der Waals surface area contributed by atoms with E-state index in [4.69, 9.17) is 10.5 Å². The van der Waals surface area contributed by atoms with Gasteiger partial charge in [0, 0.05) is 25.3 Å². The van der Waals surface area contributed by atoms with Crippen LogP contribution >= 0.6 is 0 Å². The molecule has 1 aromatic rings. The van der Waals surface area contributed by atoms with Gasteiger partial charge in [0.1, 0.15) is 11.3 Å². The monoisotopic (exact) mass is 366 g/mol. The summed E-state index contributed by atoms with van der Waals surface area (Å²) in [6.07, 6.45) is 2.39. The van der Waals surface area contributed by atoms with Gasteiger partial charge in [-0.15, -0.1) is 0 Å². The molecule has 8 heteroatoms. The van der Waals surface area contributed by atoms with Crippen molar-refractivity contribution in [1.82, 2.24) is 15.2 Å². The number of aromatic nitrogens is 1. The molecule has 26 heavy (non-hydrogen) atoms. The van der Waals surface area contributed by atoms with Crippen molar-refractivity contribution in [2.24, 2.45) is 12.8 Å². The quantitative estimate of drug-likeness (QED) is 0.640. The normalized spacial score (nSPS) is 11.8. The van der Waals surface area contributed by atoms with Crippen LogP contribution in [0.3, 0.4) is 0 Å². The number of rotatable bonds is 7. The molecule has 0 bridgehead atoms. The first-order valence-electron chi connectivity index (χ1n) is 8.56. The van der Waals surface area contributed by atoms with Crippen molar-refractivity contribution in [3.05, 3.63) is 23.5 Å². The first kappa shape index (κ1) is 21.5. The van der Waals surface area contributed by atoms with Crippen molar-refractivity contribution in [2.75, 3.05) is 6.54 Å². The van der Waals surface area contributed by atoms with Crippen molar-refractivity contribution < 1.29 is 19.1 Å². The fraction of sp³-hybridized carbons (Fsp3) is 0.611. The summed E-state index contributed by atoms with van der Waals surface area (Å²) in [7, 11) is 1.68. The highest BCUT2D eigenvalue weighted by Crippen LogP contribution is 2.14. The van der Waals surface area contributed by atoms with Crippen LogP contribution in [-0.4, -0.2) is 40.2 Å². The van der Waals surface area contributed by atoms with Gasteiger partial charge in [-0.3, -0.25) is 9.59 Å². The van der Waals surface area contributed by atoms with E-state index in [1.807, 2.05) is 13.8 Å². The molecule has 0 saturated heterocycles. The molecule has 0 aromatic carbocycles. The Morgan fingerprint density at radius 1 is 1.19 bits per heavy atom. The zero-order valence-corrected chi connectivity index (χ0v) is 16.4. The third kappa shape index (κ3) is 7.16. The van der Waals surface area contributed by atoms with Gasteiger partial charge in [-0.25, -0.2) is 4.79 Å². The molecule has 0 aliphatic carbocycles. The van der Waals surface area contributed by atoms with E-state index in [-0.39, 0.29) is 11.5 Å². The van der Waals surface area contributed by atoms with E-state index < -0.39 is 23.1 Å². The highest BCUT2D eigenvalue weighted by atomic mass is 16.6. The minimum Gasteiger partial charge on any atom is -0.444 e. The van der Waals surface area contributed by atoms with Gasteiger partial charge < -0.3 is 25.7 Å². The molecule has 1 rings (SSSR count). The minimum atomic E-state index is -0.577. The summed E-state index contributed by atoms with van der Waals surface area (Å²) in [5.74, 6) is -0.864. The van der Waals surface area contributed by atoms with Gasteiger partial charge in [0.25, 0.3) is 5.91 Å². The fourth-order valence-electron chi connectivity index (χ4n) is 2.39. The van der Waals surface area contributed by atoms with Crippen molar-refractivity contribution in [2.45, 2.75) is 58.6 Å². The predicted octanol–water partition coefficient (Wildman–Crippen LogP) is 1.94. The number of nitrogens with one attached hydrogen (secondary N) is 2. The van der Waals surface area contributed by atoms with Crippen LogP contribution in [0.2, 0.25) is 0 Å². The van der Waals surface area contributed by atoms with Gasteiger partial charge >= 0.3 is 6.09 Å². The van der Waals surface area contributed by atoms with Gasteiger partial charge in [-0.1, -0.05) is 0 Å². The molecule has 0 unspecified atom stereocenters. The molecule has 0 fully saturated rings. The number of ether oxygens (including phenoxy) is 1. The van der Waals surface area contributed by atoms with E-state index in [0.717, 1.165) is 0 Å². The number of nitrogens with two attached hydrogens (primary N) is 1. The molecule has 146 valence electrons. The number of primary amides is 1. The van der Waals surface area contributed by atoms with Crippen LogP contribution < -0.4 is 16.4 Å². The summed E-state index contributed by atoms with van der Waals surface area (Å²) in [6.45, 7) is 9.66. The molecule has 4 N–H and O–H groups in total. The maximum atomic E-state index is 12.4. The smallest absolute Gasteiger partial charge is 0.407 e. The highest BCUT2D eigenvalue weighted by molar-refractivity contribution is 5.98. The zero-order valence-electron chi connectivity index (χ0n) is 16.4. The fourth-order valence-corrected chi connectivity index (χ4v) is 2.39. The summed E-state index contributed by atoms with van der Waals surface area (Å²) in [5, 5.41) is 5.63. The Morgan fingerprint density at radius 3 is 2.31 bits per heavy atom. The van der Waals surface area contributed by atoms with Crippen LogP contribution in [0.4, 0.5) is 4.79 Å². The Bertz CT molecular complexity index is 671. The Labute approximate surface area is 154 Å². The van der Waals surface area contributed by atoms with Gasteiger partial charge in [0.05, 0.1) is 5.56 Å². The molecule has 0 radical (unpaired) electrons. The average molecular weight is 366 g/mol. The first-order valence-corrected chi connectivity index (χ1v) is 8.56. The lowest BCUT2D eigenvalue weighted by Crippen LogP contribution is -2.44. The SMILES string of the molecule is Cn1cc(C(N)=O)cc1C(=O)NC(C)(C)CCCNC(=O)OC(C)(C)C. The van der Waals surface area contributed by atoms with E-state index in [1.165, 1.54) is 12.3 Å². The van der Waals surface area contributed by atoms with Crippen LogP contribution in [-0.2, 0) is 11.8 Å². The largest absolute Gasteiger partial charge is 0.444 e. The summed E-state index contributed by atoms with van der Waals surface area (Å²) in [4.78, 5) is 35.3. The zero-order chi connectivity index (χ0) is 20.1. The maximum Gasteiger partial charge on any atom is 0.407 e. The van der Waals surface area contributed by atoms with E-state index in [2.05, 4.69) is 10.6 Å². The van der Waals surface area contributed by atoms with Crippen molar-refractivity contribution in [1.29, 1.82) is 0 Å². The maximum absolute atomic E-state index is 12.4. The molecular formula is C18H30N4O4. The van der Waals surface area contributed by atoms with Gasteiger partial charge in [-0.05, 0) is 53.5 Å². The molecule has 0 aliphatic rings. The van der Waals surface area contributed by atoms with E-state index in [9.17, 15) is 14.4 Å². The summed E-state index contributed by atoms with van der Waals surface area (Å²) in [5.41, 5.74) is 4.87. The average Bonchev–Trinajstić information content (AvgIpc) is 2.83. The topological polar surface area (TPSA) is 115 Å². The lowest BCUT2D eigenvalue weighted by molar-refractivity contribution is 0.0524. The number of carbonyl (C=O) groups excluding carboxylic acids is 3. The molecular weight excluding hydrogens is 336 g/mol. The van der Waals surface area contributed by atoms with E-state index in [1.54, 1.807) is 32.4 Å². The Balaban J connectivity index is 2.49. The van der Waals surface area contributed by atoms with Gasteiger partial charge in [-0.2, -0.15) is 0 Å². The van der Waals surface area contributed by atoms with Crippen LogP contribution in [0.1, 0.15) is 68.3 Å². The van der Waals surface area contributed by atoms with Crippen molar-refractivity contribution >= 4 is 17.9 Å². The number of hydrogen-bond acceptors (Lipinski definition) is 4. The number of nitrogens with zero attached hydrogens (tertiary/aromatic N) is 1. The molecule has 3 amide bonds. The number of amides is 3. The predicted molar refractivity (Wildman–Crippen MR) is 98.9 cm³/mol. The second-order valence-corrected chi connectivity index (χ2v) is 7.96. The van der Waals surface area contributed by atoms with Gasteiger partial charge in [0.15, 0.2) is 0 Å². The summed E-state index contributed by atoms with van der Waals surface area (Å²) < 4.78 is 6.73. The van der Waals surface area contributed by atoms with Crippen LogP contribution in [0.5, 0.6) is 0 Å². The highest BCUT2D eigenvalue weighted by Gasteiger charge is 2.23. The number of aryl methyl sites for hydroxylation is 1. The van der Waals surface area contributed by atoms with Gasteiger partial charge in [0.2, 0.25) is 5.91 Å². The third-order valence-corrected chi connectivity index (χ3v) is 3.62. The summed E-state index contributed by atoms with van der Waals surface area (Å²) in [6, 6.07) is 1.47. The third-order valence-electron chi connectivity index (χ3n) is 3.62. The standard InChI is InChI=1S/C18H30N4O4/c1-17(2,3)26-16(25)20-9-7-8-18(4,5)21-15(24)13-10-12(14(19)23)11-22(13)6/h10-11H,7-9H2,1-6H3,(H2,19,23)(H,20,25)(H,21,24). The second kappa shape index (κ2) is 8.25. The van der Waals surface area contributed by atoms with Crippen LogP contribution in [0.25, 0.3) is 0 Å². The Kier molecular flexibility index (Phi) is 6.83. The van der Waals surface area contributed by atoms with Crippen LogP contribution in [0.15, 0.2) is 12.3 Å². The second-order valence-electron chi connectivity index (χ2n) is 7.96. The molecule has 0 atom stereocenters. The van der Waals surface area contributed by atoms with E-state index in [0.29, 0.717) is 25.1 Å². The van der Waals surface area contributed by atoms with Crippen LogP contribution in [0, 0.1) is 0 Å². The van der Waals surface area contributed by atoms with Crippen molar-refractivity contribution in [3.8, 4) is 0 Å². The molecule has 0 spiro atoms. The lowest BCUT2D eigenvalue weighted by Gasteiger charge is -2.26. The molecule has 1 heterocycles. The molecule has 1 aromatic heterocycles. The van der Waals surface area contributed by atoms with E-state index >= 15 is 0 Å². The molecule has 0 saturated carbocycles. The van der Waals surface area contributed by atoms with Crippen molar-refractivity contribution in [3.63, 3.8) is 0 Å². The minimum absolute atomic E-state index is 0.287. The number of carbonyl (C=O) groups is 3. The first-order chi connectivity index (χ1) is 11.8. The Morgan fingerprint density at radius 2 is 1.81 bits per heavy atom. The lowest BCUT2D eigenvalue weighted by atomic mass is 9.98. The number of hydrogen-bond donors (Lipinski definition) is 3. The molecule has 0 aliphatic heterocycles.